The molecule has 0 saturated heterocycles. The summed E-state index contributed by atoms with van der Waals surface area (Å²) in [5.41, 5.74) is 0.0640. The van der Waals surface area contributed by atoms with Crippen molar-refractivity contribution < 1.29 is 27.8 Å². The van der Waals surface area contributed by atoms with Gasteiger partial charge >= 0.3 is 12.3 Å². The largest absolute Gasteiger partial charge is 0.445 e. The molecule has 0 aliphatic rings. The molecule has 2 aromatic carbocycles. The summed E-state index contributed by atoms with van der Waals surface area (Å²) in [5.74, 6) is 0. The summed E-state index contributed by atoms with van der Waals surface area (Å²) in [7, 11) is 0. The SMILES string of the molecule is O=C(N[C@@H](CO)c1cccc(C(F)(F)F)c1)OCc1ccccc1. The van der Waals surface area contributed by atoms with Crippen LogP contribution in [0.5, 0.6) is 0 Å². The Morgan fingerprint density at radius 2 is 1.83 bits per heavy atom. The van der Waals surface area contributed by atoms with Crippen molar-refractivity contribution in [1.82, 2.24) is 5.32 Å². The molecule has 7 heteroatoms. The molecule has 2 rings (SSSR count). The lowest BCUT2D eigenvalue weighted by atomic mass is 10.0. The minimum atomic E-state index is -4.50. The Labute approximate surface area is 136 Å². The predicted octanol–water partition coefficient (Wildman–Crippen LogP) is 3.67. The first-order chi connectivity index (χ1) is 11.4. The highest BCUT2D eigenvalue weighted by atomic mass is 19.4. The van der Waals surface area contributed by atoms with Crippen LogP contribution in [-0.2, 0) is 17.5 Å². The van der Waals surface area contributed by atoms with Gasteiger partial charge in [-0.2, -0.15) is 13.2 Å². The Hall–Kier alpha value is -2.54. The summed E-state index contributed by atoms with van der Waals surface area (Å²) < 4.78 is 43.2. The number of carbonyl (C=O) groups excluding carboxylic acids is 1. The maximum absolute atomic E-state index is 12.7. The van der Waals surface area contributed by atoms with Gasteiger partial charge < -0.3 is 15.2 Å². The lowest BCUT2D eigenvalue weighted by Gasteiger charge is -2.18. The summed E-state index contributed by atoms with van der Waals surface area (Å²) in [6, 6.07) is 12.4. The number of carbonyl (C=O) groups is 1. The smallest absolute Gasteiger partial charge is 0.416 e. The molecule has 0 spiro atoms. The fraction of sp³-hybridized carbons (Fsp3) is 0.235. The number of amides is 1. The minimum Gasteiger partial charge on any atom is -0.445 e. The van der Waals surface area contributed by atoms with Crippen LogP contribution in [0.25, 0.3) is 0 Å². The third-order valence-electron chi connectivity index (χ3n) is 3.30. The van der Waals surface area contributed by atoms with Gasteiger partial charge in [-0.25, -0.2) is 4.79 Å². The van der Waals surface area contributed by atoms with E-state index in [0.717, 1.165) is 17.7 Å². The number of aliphatic hydroxyl groups excluding tert-OH is 1. The molecule has 0 bridgehead atoms. The van der Waals surface area contributed by atoms with E-state index in [1.807, 2.05) is 6.07 Å². The van der Waals surface area contributed by atoms with Gasteiger partial charge in [0.05, 0.1) is 18.2 Å². The number of alkyl carbamates (subject to hydrolysis) is 1. The van der Waals surface area contributed by atoms with Crippen LogP contribution in [0.1, 0.15) is 22.7 Å². The van der Waals surface area contributed by atoms with E-state index in [1.54, 1.807) is 24.3 Å². The molecule has 2 N–H and O–H groups in total. The summed E-state index contributed by atoms with van der Waals surface area (Å²) >= 11 is 0. The molecule has 0 aliphatic heterocycles. The maximum Gasteiger partial charge on any atom is 0.416 e. The van der Waals surface area contributed by atoms with Gasteiger partial charge in [0.25, 0.3) is 0 Å². The summed E-state index contributed by atoms with van der Waals surface area (Å²) in [6.07, 6.45) is -5.32. The maximum atomic E-state index is 12.7. The van der Waals surface area contributed by atoms with Crippen LogP contribution in [0.15, 0.2) is 54.6 Å². The van der Waals surface area contributed by atoms with Gasteiger partial charge in [0, 0.05) is 0 Å². The zero-order chi connectivity index (χ0) is 17.6. The van der Waals surface area contributed by atoms with Crippen LogP contribution in [0.4, 0.5) is 18.0 Å². The van der Waals surface area contributed by atoms with Crippen molar-refractivity contribution in [1.29, 1.82) is 0 Å². The van der Waals surface area contributed by atoms with Crippen molar-refractivity contribution in [3.05, 3.63) is 71.3 Å². The lowest BCUT2D eigenvalue weighted by Crippen LogP contribution is -2.31. The molecule has 4 nitrogen and oxygen atoms in total. The van der Waals surface area contributed by atoms with Crippen molar-refractivity contribution in [2.24, 2.45) is 0 Å². The third-order valence-corrected chi connectivity index (χ3v) is 3.30. The molecule has 1 amide bonds. The molecule has 24 heavy (non-hydrogen) atoms. The van der Waals surface area contributed by atoms with Gasteiger partial charge in [0.15, 0.2) is 0 Å². The Balaban J connectivity index is 2.00. The van der Waals surface area contributed by atoms with Crippen molar-refractivity contribution >= 4 is 6.09 Å². The molecule has 0 aliphatic carbocycles. The third kappa shape index (κ3) is 4.99. The van der Waals surface area contributed by atoms with Crippen LogP contribution >= 0.6 is 0 Å². The number of aliphatic hydroxyl groups is 1. The van der Waals surface area contributed by atoms with Gasteiger partial charge in [-0.3, -0.25) is 0 Å². The van der Waals surface area contributed by atoms with Crippen molar-refractivity contribution in [2.45, 2.75) is 18.8 Å². The van der Waals surface area contributed by atoms with Gasteiger partial charge in [0.2, 0.25) is 0 Å². The molecule has 2 aromatic rings. The van der Waals surface area contributed by atoms with Crippen LogP contribution in [0.2, 0.25) is 0 Å². The molecule has 0 unspecified atom stereocenters. The number of rotatable bonds is 5. The average Bonchev–Trinajstić information content (AvgIpc) is 2.58. The highest BCUT2D eigenvalue weighted by Gasteiger charge is 2.31. The van der Waals surface area contributed by atoms with Crippen LogP contribution < -0.4 is 5.32 Å². The standard InChI is InChI=1S/C17H16F3NO3/c18-17(19,20)14-8-4-7-13(9-14)15(10-22)21-16(23)24-11-12-5-2-1-3-6-12/h1-9,15,22H,10-11H2,(H,21,23)/t15-/m0/s1. The van der Waals surface area contributed by atoms with E-state index in [2.05, 4.69) is 5.32 Å². The van der Waals surface area contributed by atoms with Gasteiger partial charge in [0.1, 0.15) is 6.61 Å². The number of alkyl halides is 3. The van der Waals surface area contributed by atoms with Gasteiger partial charge in [-0.05, 0) is 23.3 Å². The van der Waals surface area contributed by atoms with E-state index in [1.165, 1.54) is 12.1 Å². The number of hydrogen-bond donors (Lipinski definition) is 2. The van der Waals surface area contributed by atoms with E-state index >= 15 is 0 Å². The van der Waals surface area contributed by atoms with Crippen LogP contribution in [0, 0.1) is 0 Å². The van der Waals surface area contributed by atoms with E-state index in [4.69, 9.17) is 4.74 Å². The zero-order valence-electron chi connectivity index (χ0n) is 12.6. The van der Waals surface area contributed by atoms with Crippen molar-refractivity contribution in [2.75, 3.05) is 6.61 Å². The Bertz CT molecular complexity index is 674. The monoisotopic (exact) mass is 339 g/mol. The quantitative estimate of drug-likeness (QED) is 0.874. The van der Waals surface area contributed by atoms with E-state index < -0.39 is 30.5 Å². The van der Waals surface area contributed by atoms with Crippen molar-refractivity contribution in [3.8, 4) is 0 Å². The number of hydrogen-bond acceptors (Lipinski definition) is 3. The first-order valence-corrected chi connectivity index (χ1v) is 7.15. The molecule has 0 saturated carbocycles. The highest BCUT2D eigenvalue weighted by Crippen LogP contribution is 2.30. The lowest BCUT2D eigenvalue weighted by molar-refractivity contribution is -0.137. The Morgan fingerprint density at radius 1 is 1.12 bits per heavy atom. The van der Waals surface area contributed by atoms with E-state index in [-0.39, 0.29) is 12.2 Å². The topological polar surface area (TPSA) is 58.6 Å². The molecular formula is C17H16F3NO3. The highest BCUT2D eigenvalue weighted by molar-refractivity contribution is 5.68. The molecule has 1 atom stereocenters. The molecule has 0 radical (unpaired) electrons. The second kappa shape index (κ2) is 7.83. The summed E-state index contributed by atoms with van der Waals surface area (Å²) in [4.78, 5) is 11.8. The molecular weight excluding hydrogens is 323 g/mol. The molecule has 0 fully saturated rings. The van der Waals surface area contributed by atoms with Gasteiger partial charge in [-0.15, -0.1) is 0 Å². The Morgan fingerprint density at radius 3 is 2.46 bits per heavy atom. The van der Waals surface area contributed by atoms with E-state index in [9.17, 15) is 23.1 Å². The second-order valence-electron chi connectivity index (χ2n) is 5.06. The fourth-order valence-electron chi connectivity index (χ4n) is 2.07. The Kier molecular flexibility index (Phi) is 5.81. The predicted molar refractivity (Wildman–Crippen MR) is 81.0 cm³/mol. The minimum absolute atomic E-state index is 0.0212. The first-order valence-electron chi connectivity index (χ1n) is 7.15. The summed E-state index contributed by atoms with van der Waals surface area (Å²) in [6.45, 7) is -0.533. The fourth-order valence-corrected chi connectivity index (χ4v) is 2.07. The van der Waals surface area contributed by atoms with Gasteiger partial charge in [-0.1, -0.05) is 42.5 Å². The second-order valence-corrected chi connectivity index (χ2v) is 5.06. The van der Waals surface area contributed by atoms with Crippen LogP contribution in [-0.4, -0.2) is 17.8 Å². The number of nitrogens with one attached hydrogen (secondary N) is 1. The molecule has 0 heterocycles. The molecule has 128 valence electrons. The van der Waals surface area contributed by atoms with E-state index in [0.29, 0.717) is 0 Å². The van der Waals surface area contributed by atoms with Crippen LogP contribution in [0.3, 0.4) is 0 Å². The number of halogens is 3. The van der Waals surface area contributed by atoms with Crippen molar-refractivity contribution in [3.63, 3.8) is 0 Å². The molecule has 0 aromatic heterocycles. The number of benzene rings is 2. The number of ether oxygens (including phenoxy) is 1. The normalized spacial score (nSPS) is 12.5. The zero-order valence-corrected chi connectivity index (χ0v) is 12.6. The summed E-state index contributed by atoms with van der Waals surface area (Å²) in [5, 5.41) is 11.7. The average molecular weight is 339 g/mol. The first kappa shape index (κ1) is 17.8.